The van der Waals surface area contributed by atoms with Gasteiger partial charge in [-0.25, -0.2) is 4.98 Å². The lowest BCUT2D eigenvalue weighted by atomic mass is 10.2. The summed E-state index contributed by atoms with van der Waals surface area (Å²) in [6.07, 6.45) is 0.917. The highest BCUT2D eigenvalue weighted by atomic mass is 35.5. The lowest BCUT2D eigenvalue weighted by molar-refractivity contribution is 0.102. The molecule has 28 heavy (non-hydrogen) atoms. The van der Waals surface area contributed by atoms with E-state index in [0.29, 0.717) is 28.4 Å². The van der Waals surface area contributed by atoms with Crippen LogP contribution in [0.25, 0.3) is 11.4 Å². The number of ether oxygens (including phenoxy) is 1. The van der Waals surface area contributed by atoms with E-state index in [-0.39, 0.29) is 5.78 Å². The Morgan fingerprint density at radius 2 is 2.04 bits per heavy atom. The summed E-state index contributed by atoms with van der Waals surface area (Å²) in [7, 11) is 1.70. The van der Waals surface area contributed by atoms with Crippen molar-refractivity contribution in [1.29, 1.82) is 0 Å². The smallest absolute Gasteiger partial charge is 0.209 e. The van der Waals surface area contributed by atoms with Crippen molar-refractivity contribution in [1.82, 2.24) is 19.7 Å². The zero-order valence-corrected chi connectivity index (χ0v) is 17.7. The maximum Gasteiger partial charge on any atom is 0.209 e. The fraction of sp³-hybridized carbons (Fsp3) is 0.350. The lowest BCUT2D eigenvalue weighted by Gasteiger charge is -2.09. The second-order valence-electron chi connectivity index (χ2n) is 6.47. The topological polar surface area (TPSA) is 72.8 Å². The molecule has 3 aromatic rings. The molecule has 0 amide bonds. The van der Waals surface area contributed by atoms with Crippen LogP contribution in [0.3, 0.4) is 0 Å². The summed E-state index contributed by atoms with van der Waals surface area (Å²) in [6, 6.07) is 9.32. The maximum absolute atomic E-state index is 12.7. The van der Waals surface area contributed by atoms with Gasteiger partial charge in [-0.15, -0.1) is 5.10 Å². The molecule has 1 aromatic carbocycles. The Bertz CT molecular complexity index is 950. The first-order chi connectivity index (χ1) is 13.5. The van der Waals surface area contributed by atoms with Gasteiger partial charge in [0.15, 0.2) is 11.6 Å². The number of methoxy groups -OCH3 is 1. The number of halogens is 1. The molecule has 6 nitrogen and oxygen atoms in total. The van der Waals surface area contributed by atoms with Crippen LogP contribution in [0.15, 0.2) is 35.5 Å². The third kappa shape index (κ3) is 4.84. The zero-order chi connectivity index (χ0) is 20.1. The van der Waals surface area contributed by atoms with Gasteiger partial charge >= 0.3 is 0 Å². The average Bonchev–Trinajstić information content (AvgIpc) is 3.26. The molecule has 3 rings (SSSR count). The molecule has 0 fully saturated rings. The normalized spacial score (nSPS) is 11.1. The predicted octanol–water partition coefficient (Wildman–Crippen LogP) is 4.55. The molecule has 0 bridgehead atoms. The Hall–Kier alpha value is -2.09. The van der Waals surface area contributed by atoms with Crippen molar-refractivity contribution in [3.8, 4) is 11.4 Å². The number of carbonyl (C=O) groups excluding carboxylic acids is 1. The van der Waals surface area contributed by atoms with E-state index in [4.69, 9.17) is 16.3 Å². The minimum atomic E-state index is 0.0777. The third-order valence-electron chi connectivity index (χ3n) is 4.52. The minimum Gasteiger partial charge on any atom is -0.385 e. The van der Waals surface area contributed by atoms with E-state index in [9.17, 15) is 4.79 Å². The van der Waals surface area contributed by atoms with E-state index in [1.165, 1.54) is 11.8 Å². The van der Waals surface area contributed by atoms with E-state index in [0.717, 1.165) is 35.5 Å². The number of rotatable bonds is 9. The van der Waals surface area contributed by atoms with E-state index in [1.807, 2.05) is 32.0 Å². The van der Waals surface area contributed by atoms with E-state index < -0.39 is 0 Å². The van der Waals surface area contributed by atoms with Crippen LogP contribution in [-0.2, 0) is 11.3 Å². The summed E-state index contributed by atoms with van der Waals surface area (Å²) in [5.41, 5.74) is 3.74. The molecule has 2 heterocycles. The van der Waals surface area contributed by atoms with Gasteiger partial charge in [0.25, 0.3) is 0 Å². The lowest BCUT2D eigenvalue weighted by Crippen LogP contribution is -2.08. The van der Waals surface area contributed by atoms with Crippen LogP contribution in [-0.4, -0.2) is 45.0 Å². The van der Waals surface area contributed by atoms with E-state index >= 15 is 0 Å². The second kappa shape index (κ2) is 9.41. The molecule has 0 atom stereocenters. The number of nitrogens with one attached hydrogen (secondary N) is 1. The maximum atomic E-state index is 12.7. The monoisotopic (exact) mass is 418 g/mol. The van der Waals surface area contributed by atoms with Gasteiger partial charge < -0.3 is 9.30 Å². The van der Waals surface area contributed by atoms with Gasteiger partial charge in [-0.3, -0.25) is 9.89 Å². The van der Waals surface area contributed by atoms with Crippen LogP contribution in [0.1, 0.15) is 28.2 Å². The van der Waals surface area contributed by atoms with Crippen molar-refractivity contribution in [2.75, 3.05) is 19.5 Å². The molecule has 0 saturated heterocycles. The summed E-state index contributed by atoms with van der Waals surface area (Å²) in [5.74, 6) is 1.03. The molecule has 2 aromatic heterocycles. The fourth-order valence-corrected chi connectivity index (χ4v) is 3.86. The van der Waals surface area contributed by atoms with Crippen molar-refractivity contribution >= 4 is 29.1 Å². The van der Waals surface area contributed by atoms with Crippen molar-refractivity contribution in [2.45, 2.75) is 32.0 Å². The van der Waals surface area contributed by atoms with Crippen molar-refractivity contribution in [3.63, 3.8) is 0 Å². The Morgan fingerprint density at radius 3 is 2.75 bits per heavy atom. The molecule has 0 aliphatic carbocycles. The number of nitrogens with zero attached hydrogens (tertiary/aromatic N) is 3. The molecule has 0 radical (unpaired) electrons. The van der Waals surface area contributed by atoms with Gasteiger partial charge in [0.05, 0.1) is 5.75 Å². The summed E-state index contributed by atoms with van der Waals surface area (Å²) >= 11 is 7.24. The predicted molar refractivity (Wildman–Crippen MR) is 112 cm³/mol. The number of aromatic nitrogens is 4. The van der Waals surface area contributed by atoms with Crippen LogP contribution < -0.4 is 0 Å². The average molecular weight is 419 g/mol. The van der Waals surface area contributed by atoms with E-state index in [2.05, 4.69) is 19.7 Å². The molecular formula is C20H23ClN4O2S. The minimum absolute atomic E-state index is 0.0777. The molecule has 0 unspecified atom stereocenters. The Labute approximate surface area is 173 Å². The van der Waals surface area contributed by atoms with Gasteiger partial charge in [-0.1, -0.05) is 23.4 Å². The number of H-pyrrole nitrogens is 1. The standard InChI is InChI=1S/C20H23ClN4O2S/c1-13-11-17(14(2)25(13)9-4-10-27-3)18(26)12-28-20-22-19(23-24-20)15-5-7-16(21)8-6-15/h5-8,11H,4,9-10,12H2,1-3H3,(H,22,23,24). The number of carbonyl (C=O) groups is 1. The fourth-order valence-electron chi connectivity index (χ4n) is 3.05. The highest BCUT2D eigenvalue weighted by Crippen LogP contribution is 2.23. The van der Waals surface area contributed by atoms with Gasteiger partial charge in [0, 0.05) is 47.8 Å². The molecule has 0 aliphatic rings. The number of thioether (sulfide) groups is 1. The van der Waals surface area contributed by atoms with Crippen LogP contribution in [0.5, 0.6) is 0 Å². The molecule has 0 spiro atoms. The van der Waals surface area contributed by atoms with Crippen LogP contribution >= 0.6 is 23.4 Å². The number of hydrogen-bond acceptors (Lipinski definition) is 5. The number of ketones is 1. The van der Waals surface area contributed by atoms with E-state index in [1.54, 1.807) is 19.2 Å². The quantitative estimate of drug-likeness (QED) is 0.313. The van der Waals surface area contributed by atoms with Gasteiger partial charge in [-0.2, -0.15) is 0 Å². The van der Waals surface area contributed by atoms with Crippen molar-refractivity contribution < 1.29 is 9.53 Å². The van der Waals surface area contributed by atoms with Gasteiger partial charge in [0.2, 0.25) is 5.16 Å². The highest BCUT2D eigenvalue weighted by Gasteiger charge is 2.17. The summed E-state index contributed by atoms with van der Waals surface area (Å²) in [6.45, 7) is 5.56. The molecule has 148 valence electrons. The molecule has 0 saturated carbocycles. The molecule has 8 heteroatoms. The number of hydrogen-bond donors (Lipinski definition) is 1. The van der Waals surface area contributed by atoms with Crippen LogP contribution in [0.2, 0.25) is 5.02 Å². The van der Waals surface area contributed by atoms with Crippen molar-refractivity contribution in [3.05, 3.63) is 52.3 Å². The number of benzene rings is 1. The number of Topliss-reactive ketones (excluding diaryl/α,β-unsaturated/α-hetero) is 1. The van der Waals surface area contributed by atoms with Crippen LogP contribution in [0, 0.1) is 13.8 Å². The summed E-state index contributed by atoms with van der Waals surface area (Å²) in [4.78, 5) is 17.2. The van der Waals surface area contributed by atoms with Gasteiger partial charge in [0.1, 0.15) is 0 Å². The molecular weight excluding hydrogens is 396 g/mol. The summed E-state index contributed by atoms with van der Waals surface area (Å²) < 4.78 is 7.29. The Balaban J connectivity index is 1.63. The number of aromatic amines is 1. The Morgan fingerprint density at radius 1 is 1.29 bits per heavy atom. The zero-order valence-electron chi connectivity index (χ0n) is 16.2. The SMILES string of the molecule is COCCCn1c(C)cc(C(=O)CSc2n[nH]c(-c3ccc(Cl)cc3)n2)c1C. The highest BCUT2D eigenvalue weighted by molar-refractivity contribution is 7.99. The first kappa shape index (κ1) is 20.6. The molecule has 0 aliphatic heterocycles. The Kier molecular flexibility index (Phi) is 6.93. The number of aryl methyl sites for hydroxylation is 1. The first-order valence-electron chi connectivity index (χ1n) is 8.99. The largest absolute Gasteiger partial charge is 0.385 e. The second-order valence-corrected chi connectivity index (χ2v) is 7.85. The molecule has 1 N–H and O–H groups in total. The van der Waals surface area contributed by atoms with Crippen molar-refractivity contribution in [2.24, 2.45) is 0 Å². The first-order valence-corrected chi connectivity index (χ1v) is 10.4. The summed E-state index contributed by atoms with van der Waals surface area (Å²) in [5, 5.41) is 8.32. The van der Waals surface area contributed by atoms with Gasteiger partial charge in [-0.05, 0) is 50.6 Å². The van der Waals surface area contributed by atoms with Crippen LogP contribution in [0.4, 0.5) is 0 Å². The third-order valence-corrected chi connectivity index (χ3v) is 5.62.